The van der Waals surface area contributed by atoms with Crippen LogP contribution in [0.15, 0.2) is 59.2 Å². The number of phenolic OH excluding ortho intramolecular Hbond substituents is 2. The van der Waals surface area contributed by atoms with E-state index in [0.29, 0.717) is 23.6 Å². The second kappa shape index (κ2) is 7.10. The van der Waals surface area contributed by atoms with Crippen molar-refractivity contribution in [2.24, 2.45) is 0 Å². The first-order valence-corrected chi connectivity index (χ1v) is 7.78. The Hall–Kier alpha value is -3.61. The Morgan fingerprint density at radius 1 is 0.962 bits per heavy atom. The van der Waals surface area contributed by atoms with E-state index in [0.717, 1.165) is 0 Å². The standard InChI is InChI=1S/C19H17NO6/c21-14-4-6-17(22)12(8-14)10-20(11-15-2-1-7-26-15)13-3-5-18(23)16(9-13)19(24)25/h1-9,21-23H,10-11H2,(H,24,25). The van der Waals surface area contributed by atoms with E-state index >= 15 is 0 Å². The Kier molecular flexibility index (Phi) is 4.70. The molecule has 0 radical (unpaired) electrons. The number of aromatic hydroxyl groups is 3. The summed E-state index contributed by atoms with van der Waals surface area (Å²) in [5.41, 5.74) is 0.743. The maximum atomic E-state index is 11.3. The van der Waals surface area contributed by atoms with E-state index in [-0.39, 0.29) is 29.4 Å². The van der Waals surface area contributed by atoms with Gasteiger partial charge in [0.15, 0.2) is 0 Å². The second-order valence-corrected chi connectivity index (χ2v) is 5.76. The molecule has 0 atom stereocenters. The highest BCUT2D eigenvalue weighted by molar-refractivity contribution is 5.92. The lowest BCUT2D eigenvalue weighted by Crippen LogP contribution is -2.22. The van der Waals surface area contributed by atoms with Gasteiger partial charge in [-0.1, -0.05) is 0 Å². The van der Waals surface area contributed by atoms with E-state index < -0.39 is 5.97 Å². The van der Waals surface area contributed by atoms with Crippen LogP contribution in [0.3, 0.4) is 0 Å². The van der Waals surface area contributed by atoms with Gasteiger partial charge >= 0.3 is 5.97 Å². The van der Waals surface area contributed by atoms with Crippen LogP contribution in [0.2, 0.25) is 0 Å². The number of furan rings is 1. The number of anilines is 1. The summed E-state index contributed by atoms with van der Waals surface area (Å²) in [6, 6.07) is 11.9. The number of carboxylic acid groups (broad SMARTS) is 1. The smallest absolute Gasteiger partial charge is 0.339 e. The van der Waals surface area contributed by atoms with E-state index in [1.807, 2.05) is 0 Å². The lowest BCUT2D eigenvalue weighted by molar-refractivity contribution is 0.0693. The van der Waals surface area contributed by atoms with Crippen LogP contribution in [0.4, 0.5) is 5.69 Å². The molecule has 2 aromatic carbocycles. The molecule has 0 unspecified atom stereocenters. The highest BCUT2D eigenvalue weighted by atomic mass is 16.4. The van der Waals surface area contributed by atoms with E-state index in [1.165, 1.54) is 36.6 Å². The summed E-state index contributed by atoms with van der Waals surface area (Å²) in [5, 5.41) is 38.7. The fourth-order valence-corrected chi connectivity index (χ4v) is 2.63. The number of nitrogens with zero attached hydrogens (tertiary/aromatic N) is 1. The Labute approximate surface area is 149 Å². The Balaban J connectivity index is 1.99. The Bertz CT molecular complexity index is 920. The van der Waals surface area contributed by atoms with Gasteiger partial charge in [-0.2, -0.15) is 0 Å². The lowest BCUT2D eigenvalue weighted by Gasteiger charge is -2.25. The molecule has 1 aromatic heterocycles. The lowest BCUT2D eigenvalue weighted by atomic mass is 10.1. The van der Waals surface area contributed by atoms with E-state index in [1.54, 1.807) is 23.1 Å². The number of rotatable bonds is 6. The van der Waals surface area contributed by atoms with Crippen molar-refractivity contribution in [3.63, 3.8) is 0 Å². The monoisotopic (exact) mass is 355 g/mol. The molecule has 1 heterocycles. The molecule has 0 aliphatic heterocycles. The van der Waals surface area contributed by atoms with Gasteiger partial charge in [-0.15, -0.1) is 0 Å². The van der Waals surface area contributed by atoms with Crippen molar-refractivity contribution in [1.29, 1.82) is 0 Å². The van der Waals surface area contributed by atoms with Crippen LogP contribution in [-0.2, 0) is 13.1 Å². The first-order chi connectivity index (χ1) is 12.4. The van der Waals surface area contributed by atoms with E-state index in [4.69, 9.17) is 4.42 Å². The number of hydrogen-bond acceptors (Lipinski definition) is 6. The molecule has 0 amide bonds. The van der Waals surface area contributed by atoms with Gasteiger partial charge in [0.05, 0.1) is 12.8 Å². The molecule has 0 bridgehead atoms. The highest BCUT2D eigenvalue weighted by Gasteiger charge is 2.17. The van der Waals surface area contributed by atoms with Gasteiger partial charge in [-0.25, -0.2) is 4.79 Å². The molecular formula is C19H17NO6. The van der Waals surface area contributed by atoms with Gasteiger partial charge in [0, 0.05) is 17.8 Å². The molecule has 0 aliphatic rings. The predicted octanol–water partition coefficient (Wildman–Crippen LogP) is 3.30. The maximum absolute atomic E-state index is 11.3. The van der Waals surface area contributed by atoms with Crippen LogP contribution in [0, 0.1) is 0 Å². The number of carbonyl (C=O) groups is 1. The normalized spacial score (nSPS) is 10.6. The third-order valence-electron chi connectivity index (χ3n) is 3.93. The third-order valence-corrected chi connectivity index (χ3v) is 3.93. The van der Waals surface area contributed by atoms with Crippen LogP contribution in [-0.4, -0.2) is 26.4 Å². The van der Waals surface area contributed by atoms with E-state index in [9.17, 15) is 25.2 Å². The third kappa shape index (κ3) is 3.72. The molecular weight excluding hydrogens is 338 g/mol. The topological polar surface area (TPSA) is 114 Å². The van der Waals surface area contributed by atoms with Crippen molar-refractivity contribution >= 4 is 11.7 Å². The molecule has 0 fully saturated rings. The minimum atomic E-state index is -1.25. The van der Waals surface area contributed by atoms with Crippen LogP contribution >= 0.6 is 0 Å². The molecule has 134 valence electrons. The van der Waals surface area contributed by atoms with E-state index in [2.05, 4.69) is 0 Å². The molecule has 7 nitrogen and oxygen atoms in total. The zero-order valence-electron chi connectivity index (χ0n) is 13.7. The first kappa shape index (κ1) is 17.2. The zero-order chi connectivity index (χ0) is 18.7. The molecule has 3 rings (SSSR count). The van der Waals surface area contributed by atoms with Gasteiger partial charge in [-0.05, 0) is 48.5 Å². The average Bonchev–Trinajstić information content (AvgIpc) is 3.11. The van der Waals surface area contributed by atoms with Crippen LogP contribution in [0.25, 0.3) is 0 Å². The molecule has 0 aliphatic carbocycles. The van der Waals surface area contributed by atoms with Gasteiger partial charge in [0.2, 0.25) is 0 Å². The predicted molar refractivity (Wildman–Crippen MR) is 93.4 cm³/mol. The minimum Gasteiger partial charge on any atom is -0.508 e. The molecule has 7 heteroatoms. The van der Waals surface area contributed by atoms with Crippen molar-refractivity contribution in [3.8, 4) is 17.2 Å². The first-order valence-electron chi connectivity index (χ1n) is 7.78. The highest BCUT2D eigenvalue weighted by Crippen LogP contribution is 2.30. The quantitative estimate of drug-likeness (QED) is 0.502. The van der Waals surface area contributed by atoms with Gasteiger partial charge < -0.3 is 29.7 Å². The summed E-state index contributed by atoms with van der Waals surface area (Å²) in [6.45, 7) is 0.483. The number of benzene rings is 2. The molecule has 26 heavy (non-hydrogen) atoms. The number of aromatic carboxylic acids is 1. The fraction of sp³-hybridized carbons (Fsp3) is 0.105. The van der Waals surface area contributed by atoms with Crippen molar-refractivity contribution in [3.05, 3.63) is 71.7 Å². The Morgan fingerprint density at radius 3 is 2.42 bits per heavy atom. The van der Waals surface area contributed by atoms with Crippen molar-refractivity contribution in [2.75, 3.05) is 4.90 Å². The molecule has 0 spiro atoms. The van der Waals surface area contributed by atoms with Crippen molar-refractivity contribution in [1.82, 2.24) is 0 Å². The summed E-state index contributed by atoms with van der Waals surface area (Å²) in [6.07, 6.45) is 1.53. The van der Waals surface area contributed by atoms with Gasteiger partial charge in [-0.3, -0.25) is 0 Å². The molecule has 3 aromatic rings. The largest absolute Gasteiger partial charge is 0.508 e. The van der Waals surface area contributed by atoms with Crippen molar-refractivity contribution in [2.45, 2.75) is 13.1 Å². The summed E-state index contributed by atoms with van der Waals surface area (Å²) >= 11 is 0. The number of hydrogen-bond donors (Lipinski definition) is 4. The number of carboxylic acids is 1. The SMILES string of the molecule is O=C(O)c1cc(N(Cc2ccco2)Cc2cc(O)ccc2O)ccc1O. The van der Waals surface area contributed by atoms with Crippen LogP contribution in [0.1, 0.15) is 21.7 Å². The average molecular weight is 355 g/mol. The number of phenols is 3. The molecule has 4 N–H and O–H groups in total. The maximum Gasteiger partial charge on any atom is 0.339 e. The summed E-state index contributed by atoms with van der Waals surface area (Å²) in [4.78, 5) is 13.1. The molecule has 0 saturated carbocycles. The summed E-state index contributed by atoms with van der Waals surface area (Å²) in [7, 11) is 0. The fourth-order valence-electron chi connectivity index (χ4n) is 2.63. The minimum absolute atomic E-state index is 0.00415. The van der Waals surface area contributed by atoms with Crippen molar-refractivity contribution < 1.29 is 29.6 Å². The van der Waals surface area contributed by atoms with Crippen LogP contribution in [0.5, 0.6) is 17.2 Å². The zero-order valence-corrected chi connectivity index (χ0v) is 13.7. The second-order valence-electron chi connectivity index (χ2n) is 5.76. The Morgan fingerprint density at radius 2 is 1.73 bits per heavy atom. The van der Waals surface area contributed by atoms with Gasteiger partial charge in [0.25, 0.3) is 0 Å². The summed E-state index contributed by atoms with van der Waals surface area (Å²) < 4.78 is 5.36. The van der Waals surface area contributed by atoms with Gasteiger partial charge in [0.1, 0.15) is 28.6 Å². The summed E-state index contributed by atoms with van der Waals surface area (Å²) in [5.74, 6) is -0.936. The molecule has 0 saturated heterocycles. The van der Waals surface area contributed by atoms with Crippen LogP contribution < -0.4 is 4.90 Å².